The summed E-state index contributed by atoms with van der Waals surface area (Å²) in [5.74, 6) is 1.29. The first-order valence-corrected chi connectivity index (χ1v) is 9.31. The van der Waals surface area contributed by atoms with E-state index < -0.39 is 0 Å². The zero-order valence-corrected chi connectivity index (χ0v) is 15.7. The number of hydrogen-bond acceptors (Lipinski definition) is 3. The van der Waals surface area contributed by atoms with Gasteiger partial charge in [0, 0.05) is 34.4 Å². The second-order valence-corrected chi connectivity index (χ2v) is 7.94. The SMILES string of the molecule is C=Cc1cc2c(cc1OC)CC(C)(C)N/C2=C\C(=O)C1CCCCC1. The molecule has 2 aliphatic rings. The smallest absolute Gasteiger partial charge is 0.160 e. The van der Waals surface area contributed by atoms with Gasteiger partial charge >= 0.3 is 0 Å². The molecule has 1 fully saturated rings. The number of benzene rings is 1. The maximum absolute atomic E-state index is 12.8. The molecular formula is C22H29NO2. The number of methoxy groups -OCH3 is 1. The van der Waals surface area contributed by atoms with E-state index in [4.69, 9.17) is 4.74 Å². The van der Waals surface area contributed by atoms with Gasteiger partial charge in [0.05, 0.1) is 7.11 Å². The Balaban J connectivity index is 2.01. The van der Waals surface area contributed by atoms with Gasteiger partial charge in [-0.2, -0.15) is 0 Å². The van der Waals surface area contributed by atoms with Gasteiger partial charge in [-0.25, -0.2) is 0 Å². The highest BCUT2D eigenvalue weighted by Crippen LogP contribution is 2.35. The number of hydrogen-bond donors (Lipinski definition) is 1. The van der Waals surface area contributed by atoms with Crippen molar-refractivity contribution in [3.8, 4) is 5.75 Å². The molecule has 1 saturated carbocycles. The van der Waals surface area contributed by atoms with E-state index in [1.807, 2.05) is 6.08 Å². The largest absolute Gasteiger partial charge is 0.496 e. The highest BCUT2D eigenvalue weighted by atomic mass is 16.5. The van der Waals surface area contributed by atoms with Crippen molar-refractivity contribution in [2.45, 2.75) is 57.9 Å². The number of carbonyl (C=O) groups is 1. The van der Waals surface area contributed by atoms with E-state index in [1.165, 1.54) is 24.8 Å². The maximum Gasteiger partial charge on any atom is 0.160 e. The van der Waals surface area contributed by atoms with Crippen molar-refractivity contribution in [3.63, 3.8) is 0 Å². The molecule has 134 valence electrons. The molecule has 1 aromatic rings. The van der Waals surface area contributed by atoms with Crippen LogP contribution in [-0.4, -0.2) is 18.4 Å². The first-order valence-electron chi connectivity index (χ1n) is 9.31. The van der Waals surface area contributed by atoms with Crippen LogP contribution in [0.4, 0.5) is 0 Å². The minimum absolute atomic E-state index is 0.0909. The van der Waals surface area contributed by atoms with Gasteiger partial charge in [0.2, 0.25) is 0 Å². The summed E-state index contributed by atoms with van der Waals surface area (Å²) in [4.78, 5) is 12.8. The van der Waals surface area contributed by atoms with Crippen molar-refractivity contribution >= 4 is 17.6 Å². The highest BCUT2D eigenvalue weighted by molar-refractivity contribution is 5.98. The summed E-state index contributed by atoms with van der Waals surface area (Å²) in [5.41, 5.74) is 4.12. The number of ether oxygens (including phenoxy) is 1. The molecule has 1 heterocycles. The average Bonchev–Trinajstić information content (AvgIpc) is 2.60. The molecule has 3 nitrogen and oxygen atoms in total. The Kier molecular flexibility index (Phi) is 5.03. The zero-order valence-electron chi connectivity index (χ0n) is 15.7. The molecule has 1 N–H and O–H groups in total. The normalized spacial score (nSPS) is 21.3. The van der Waals surface area contributed by atoms with Crippen molar-refractivity contribution < 1.29 is 9.53 Å². The molecule has 1 aliphatic heterocycles. The van der Waals surface area contributed by atoms with E-state index in [0.29, 0.717) is 0 Å². The summed E-state index contributed by atoms with van der Waals surface area (Å²) in [6, 6.07) is 4.18. The number of allylic oxidation sites excluding steroid dienone is 1. The Morgan fingerprint density at radius 3 is 2.64 bits per heavy atom. The van der Waals surface area contributed by atoms with E-state index in [9.17, 15) is 4.79 Å². The third-order valence-corrected chi connectivity index (χ3v) is 5.37. The van der Waals surface area contributed by atoms with Crippen molar-refractivity contribution in [2.75, 3.05) is 7.11 Å². The molecule has 0 radical (unpaired) electrons. The van der Waals surface area contributed by atoms with Crippen molar-refractivity contribution in [1.29, 1.82) is 0 Å². The minimum atomic E-state index is -0.0909. The lowest BCUT2D eigenvalue weighted by molar-refractivity contribution is -0.119. The average molecular weight is 339 g/mol. The van der Waals surface area contributed by atoms with Crippen molar-refractivity contribution in [1.82, 2.24) is 5.32 Å². The van der Waals surface area contributed by atoms with Crippen molar-refractivity contribution in [2.24, 2.45) is 5.92 Å². The summed E-state index contributed by atoms with van der Waals surface area (Å²) in [5, 5.41) is 3.57. The molecule has 0 aromatic heterocycles. The molecule has 25 heavy (non-hydrogen) atoms. The Morgan fingerprint density at radius 1 is 1.28 bits per heavy atom. The van der Waals surface area contributed by atoms with Crippen LogP contribution in [0.2, 0.25) is 0 Å². The highest BCUT2D eigenvalue weighted by Gasteiger charge is 2.30. The number of ketones is 1. The van der Waals surface area contributed by atoms with Crippen molar-refractivity contribution in [3.05, 3.63) is 41.5 Å². The molecule has 1 aromatic carbocycles. The summed E-state index contributed by atoms with van der Waals surface area (Å²) in [6.07, 6.45) is 10.2. The zero-order chi connectivity index (χ0) is 18.0. The van der Waals surface area contributed by atoms with Crippen LogP contribution in [-0.2, 0) is 11.2 Å². The maximum atomic E-state index is 12.8. The number of carbonyl (C=O) groups excluding carboxylic acids is 1. The molecule has 0 amide bonds. The monoisotopic (exact) mass is 339 g/mol. The standard InChI is InChI=1S/C22H29NO2/c1-5-15-11-18-17(12-21(15)25-4)14-22(2,3)23-19(18)13-20(24)16-9-7-6-8-10-16/h5,11-13,16,23H,1,6-10,14H2,2-4H3/b19-13-. The predicted molar refractivity (Wildman–Crippen MR) is 104 cm³/mol. The Bertz CT molecular complexity index is 709. The van der Waals surface area contributed by atoms with Crippen LogP contribution in [0.15, 0.2) is 24.8 Å². The summed E-state index contributed by atoms with van der Waals surface area (Å²) >= 11 is 0. The Morgan fingerprint density at radius 2 is 2.00 bits per heavy atom. The molecule has 0 saturated heterocycles. The first-order chi connectivity index (χ1) is 11.9. The number of nitrogens with one attached hydrogen (secondary N) is 1. The molecule has 3 heteroatoms. The van der Waals surface area contributed by atoms with E-state index in [1.54, 1.807) is 13.2 Å². The first kappa shape index (κ1) is 17.8. The van der Waals surface area contributed by atoms with Crippen LogP contribution >= 0.6 is 0 Å². The molecule has 0 bridgehead atoms. The topological polar surface area (TPSA) is 38.3 Å². The second-order valence-electron chi connectivity index (χ2n) is 7.94. The quantitative estimate of drug-likeness (QED) is 0.804. The Labute approximate surface area is 151 Å². The molecule has 0 spiro atoms. The lowest BCUT2D eigenvalue weighted by atomic mass is 9.82. The second kappa shape index (κ2) is 7.07. The predicted octanol–water partition coefficient (Wildman–Crippen LogP) is 4.75. The van der Waals surface area contributed by atoms with Crippen LogP contribution in [0.3, 0.4) is 0 Å². The lowest BCUT2D eigenvalue weighted by Gasteiger charge is -2.36. The van der Waals surface area contributed by atoms with Crippen LogP contribution in [0.25, 0.3) is 11.8 Å². The van der Waals surface area contributed by atoms with Gasteiger partial charge in [-0.3, -0.25) is 4.79 Å². The van der Waals surface area contributed by atoms with Gasteiger partial charge in [0.15, 0.2) is 5.78 Å². The minimum Gasteiger partial charge on any atom is -0.496 e. The summed E-state index contributed by atoms with van der Waals surface area (Å²) in [6.45, 7) is 8.23. The lowest BCUT2D eigenvalue weighted by Crippen LogP contribution is -2.44. The fraction of sp³-hybridized carbons (Fsp3) is 0.500. The van der Waals surface area contributed by atoms with Crippen LogP contribution < -0.4 is 10.1 Å². The molecule has 0 unspecified atom stereocenters. The van der Waals surface area contributed by atoms with E-state index in [0.717, 1.165) is 41.8 Å². The van der Waals surface area contributed by atoms with Crippen LogP contribution in [0.1, 0.15) is 62.6 Å². The number of fused-ring (bicyclic) bond motifs is 1. The molecule has 0 atom stereocenters. The molecule has 3 rings (SSSR count). The molecular weight excluding hydrogens is 310 g/mol. The van der Waals surface area contributed by atoms with Gasteiger partial charge in [0.25, 0.3) is 0 Å². The molecule has 1 aliphatic carbocycles. The van der Waals surface area contributed by atoms with E-state index in [-0.39, 0.29) is 17.2 Å². The van der Waals surface area contributed by atoms with E-state index in [2.05, 4.69) is 37.9 Å². The van der Waals surface area contributed by atoms with Gasteiger partial charge in [-0.05, 0) is 50.8 Å². The number of rotatable bonds is 4. The fourth-order valence-electron chi connectivity index (χ4n) is 4.09. The van der Waals surface area contributed by atoms with Crippen LogP contribution in [0, 0.1) is 5.92 Å². The van der Waals surface area contributed by atoms with E-state index >= 15 is 0 Å². The Hall–Kier alpha value is -2.03. The van der Waals surface area contributed by atoms with Gasteiger partial charge in [0.1, 0.15) is 5.75 Å². The van der Waals surface area contributed by atoms with Gasteiger partial charge in [-0.1, -0.05) is 31.9 Å². The summed E-state index contributed by atoms with van der Waals surface area (Å²) in [7, 11) is 1.68. The fourth-order valence-corrected chi connectivity index (χ4v) is 4.09. The summed E-state index contributed by atoms with van der Waals surface area (Å²) < 4.78 is 5.50. The third-order valence-electron chi connectivity index (χ3n) is 5.37. The van der Waals surface area contributed by atoms with Crippen LogP contribution in [0.5, 0.6) is 5.75 Å². The van der Waals surface area contributed by atoms with Gasteiger partial charge in [-0.15, -0.1) is 0 Å². The third kappa shape index (κ3) is 3.81. The van der Waals surface area contributed by atoms with Gasteiger partial charge < -0.3 is 10.1 Å².